The van der Waals surface area contributed by atoms with Crippen LogP contribution in [0.4, 0.5) is 0 Å². The second kappa shape index (κ2) is 4.98. The van der Waals surface area contributed by atoms with Crippen LogP contribution in [0, 0.1) is 0 Å². The van der Waals surface area contributed by atoms with Gasteiger partial charge in [0.05, 0.1) is 12.7 Å². The number of hydrogen-bond donors (Lipinski definition) is 0. The Morgan fingerprint density at radius 3 is 2.78 bits per heavy atom. The number of fused-ring (bicyclic) bond motifs is 6. The average Bonchev–Trinajstić information content (AvgIpc) is 2.60. The Morgan fingerprint density at radius 1 is 1.22 bits per heavy atom. The van der Waals surface area contributed by atoms with Crippen LogP contribution in [-0.2, 0) is 4.74 Å². The molecule has 1 aromatic heterocycles. The summed E-state index contributed by atoms with van der Waals surface area (Å²) in [7, 11) is 1.28. The zero-order valence-electron chi connectivity index (χ0n) is 12.3. The van der Waals surface area contributed by atoms with Crippen LogP contribution in [0.3, 0.4) is 0 Å². The number of carbonyl (C=O) groups is 1. The molecule has 1 aliphatic heterocycles. The average molecular weight is 308 g/mol. The molecule has 0 N–H and O–H groups in total. The van der Waals surface area contributed by atoms with Crippen LogP contribution in [0.2, 0.25) is 0 Å². The molecule has 0 bridgehead atoms. The predicted molar refractivity (Wildman–Crippen MR) is 85.9 cm³/mol. The molecule has 0 spiro atoms. The lowest BCUT2D eigenvalue weighted by molar-refractivity contribution is 0.0602. The first kappa shape index (κ1) is 13.6. The van der Waals surface area contributed by atoms with Gasteiger partial charge in [0.15, 0.2) is 11.3 Å². The summed E-state index contributed by atoms with van der Waals surface area (Å²) in [6.07, 6.45) is 3.83. The highest BCUT2D eigenvalue weighted by atomic mass is 16.5. The topological polar surface area (TPSA) is 65.7 Å². The summed E-state index contributed by atoms with van der Waals surface area (Å²) in [5.41, 5.74) is 0.671. The first-order valence-electron chi connectivity index (χ1n) is 7.11. The molecule has 114 valence electrons. The van der Waals surface area contributed by atoms with Crippen molar-refractivity contribution < 1.29 is 18.7 Å². The Hall–Kier alpha value is -3.08. The molecule has 5 nitrogen and oxygen atoms in total. The van der Waals surface area contributed by atoms with Crippen LogP contribution in [0.5, 0.6) is 5.75 Å². The molecule has 5 heteroatoms. The summed E-state index contributed by atoms with van der Waals surface area (Å²) in [6, 6.07) is 8.76. The smallest absolute Gasteiger partial charge is 0.338 e. The summed E-state index contributed by atoms with van der Waals surface area (Å²) in [5.74, 6) is -0.108. The highest BCUT2D eigenvalue weighted by Gasteiger charge is 2.23. The van der Waals surface area contributed by atoms with Crippen LogP contribution in [0.15, 0.2) is 45.6 Å². The number of carbonyl (C=O) groups excluding carboxylic acids is 1. The van der Waals surface area contributed by atoms with E-state index in [-0.39, 0.29) is 11.1 Å². The van der Waals surface area contributed by atoms with Crippen molar-refractivity contribution in [3.8, 4) is 5.75 Å². The van der Waals surface area contributed by atoms with Gasteiger partial charge in [-0.1, -0.05) is 30.3 Å². The van der Waals surface area contributed by atoms with E-state index < -0.39 is 11.6 Å². The van der Waals surface area contributed by atoms with Crippen LogP contribution >= 0.6 is 0 Å². The molecule has 23 heavy (non-hydrogen) atoms. The summed E-state index contributed by atoms with van der Waals surface area (Å²) in [4.78, 5) is 24.0. The maximum absolute atomic E-state index is 12.1. The molecule has 4 rings (SSSR count). The number of hydrogen-bond acceptors (Lipinski definition) is 5. The fourth-order valence-electron chi connectivity index (χ4n) is 2.98. The summed E-state index contributed by atoms with van der Waals surface area (Å²) < 4.78 is 15.9. The Labute approximate surface area is 130 Å². The summed E-state index contributed by atoms with van der Waals surface area (Å²) >= 11 is 0. The summed E-state index contributed by atoms with van der Waals surface area (Å²) in [5, 5.41) is 2.26. The highest BCUT2D eigenvalue weighted by Crippen LogP contribution is 2.41. The van der Waals surface area contributed by atoms with E-state index >= 15 is 0 Å². The van der Waals surface area contributed by atoms with E-state index in [9.17, 15) is 9.59 Å². The van der Waals surface area contributed by atoms with Crippen LogP contribution in [0.1, 0.15) is 15.9 Å². The molecule has 2 heterocycles. The monoisotopic (exact) mass is 308 g/mol. The van der Waals surface area contributed by atoms with Gasteiger partial charge in [-0.15, -0.1) is 0 Å². The number of rotatable bonds is 1. The molecule has 0 amide bonds. The lowest BCUT2D eigenvalue weighted by Gasteiger charge is -2.18. The SMILES string of the molecule is COC(=O)c1cc(=O)oc2c3c(c4ccccc4c12)C=CCO3. The maximum atomic E-state index is 12.1. The van der Waals surface area contributed by atoms with E-state index in [4.69, 9.17) is 13.9 Å². The third-order valence-electron chi connectivity index (χ3n) is 3.91. The second-order valence-corrected chi connectivity index (χ2v) is 5.18. The molecular formula is C18H12O5. The van der Waals surface area contributed by atoms with Crippen molar-refractivity contribution in [3.63, 3.8) is 0 Å². The lowest BCUT2D eigenvalue weighted by Crippen LogP contribution is -2.10. The zero-order chi connectivity index (χ0) is 16.0. The molecule has 0 aliphatic carbocycles. The molecule has 0 atom stereocenters. The van der Waals surface area contributed by atoms with Crippen LogP contribution < -0.4 is 10.4 Å². The first-order chi connectivity index (χ1) is 11.2. The number of esters is 1. The number of methoxy groups -OCH3 is 1. The first-order valence-corrected chi connectivity index (χ1v) is 7.11. The predicted octanol–water partition coefficient (Wildman–Crippen LogP) is 3.14. The van der Waals surface area contributed by atoms with Gasteiger partial charge < -0.3 is 13.9 Å². The van der Waals surface area contributed by atoms with Gasteiger partial charge in [-0.3, -0.25) is 0 Å². The normalized spacial score (nSPS) is 12.9. The minimum absolute atomic E-state index is 0.177. The Bertz CT molecular complexity index is 1040. The van der Waals surface area contributed by atoms with Gasteiger partial charge in [-0.05, 0) is 16.8 Å². The van der Waals surface area contributed by atoms with Crippen LogP contribution in [0.25, 0.3) is 27.8 Å². The van der Waals surface area contributed by atoms with Crippen molar-refractivity contribution in [2.45, 2.75) is 0 Å². The Kier molecular flexibility index (Phi) is 2.94. The summed E-state index contributed by atoms with van der Waals surface area (Å²) in [6.45, 7) is 0.382. The van der Waals surface area contributed by atoms with E-state index in [0.29, 0.717) is 17.7 Å². The van der Waals surface area contributed by atoms with E-state index in [1.54, 1.807) is 0 Å². The Balaban J connectivity index is 2.31. The van der Waals surface area contributed by atoms with Crippen molar-refractivity contribution in [2.75, 3.05) is 13.7 Å². The van der Waals surface area contributed by atoms with Crippen molar-refractivity contribution in [1.29, 1.82) is 0 Å². The quantitative estimate of drug-likeness (QED) is 0.392. The van der Waals surface area contributed by atoms with Gasteiger partial charge in [0.25, 0.3) is 0 Å². The lowest BCUT2D eigenvalue weighted by atomic mass is 9.95. The van der Waals surface area contributed by atoms with Gasteiger partial charge in [-0.2, -0.15) is 0 Å². The van der Waals surface area contributed by atoms with Crippen molar-refractivity contribution >= 4 is 33.8 Å². The van der Waals surface area contributed by atoms with Crippen LogP contribution in [-0.4, -0.2) is 19.7 Å². The third kappa shape index (κ3) is 1.93. The highest BCUT2D eigenvalue weighted by molar-refractivity contribution is 6.19. The zero-order valence-corrected chi connectivity index (χ0v) is 12.3. The largest absolute Gasteiger partial charge is 0.485 e. The van der Waals surface area contributed by atoms with Gasteiger partial charge in [-0.25, -0.2) is 9.59 Å². The number of benzene rings is 2. The van der Waals surface area contributed by atoms with Crippen molar-refractivity contribution in [1.82, 2.24) is 0 Å². The van der Waals surface area contributed by atoms with Gasteiger partial charge in [0, 0.05) is 17.0 Å². The van der Waals surface area contributed by atoms with Gasteiger partial charge in [0.2, 0.25) is 0 Å². The fourth-order valence-corrected chi connectivity index (χ4v) is 2.98. The second-order valence-electron chi connectivity index (χ2n) is 5.18. The molecule has 0 fully saturated rings. The van der Waals surface area contributed by atoms with Gasteiger partial charge in [0.1, 0.15) is 6.61 Å². The molecule has 0 saturated carbocycles. The molecule has 2 aromatic carbocycles. The third-order valence-corrected chi connectivity index (χ3v) is 3.91. The van der Waals surface area contributed by atoms with Crippen molar-refractivity contribution in [2.24, 2.45) is 0 Å². The van der Waals surface area contributed by atoms with E-state index in [2.05, 4.69) is 0 Å². The minimum Gasteiger partial charge on any atom is -0.485 e. The molecule has 0 radical (unpaired) electrons. The van der Waals surface area contributed by atoms with Crippen molar-refractivity contribution in [3.05, 3.63) is 58.0 Å². The molecule has 3 aromatic rings. The molecule has 1 aliphatic rings. The maximum Gasteiger partial charge on any atom is 0.338 e. The fraction of sp³-hybridized carbons (Fsp3) is 0.111. The molecule has 0 unspecified atom stereocenters. The molecule has 0 saturated heterocycles. The van der Waals surface area contributed by atoms with E-state index in [0.717, 1.165) is 22.4 Å². The standard InChI is InChI=1S/C18H12O5/c1-21-18(20)13-9-14(19)23-17-15(13)11-6-3-2-5-10(11)12-7-4-8-22-16(12)17/h2-7,9H,8H2,1H3. The number of ether oxygens (including phenoxy) is 2. The Morgan fingerprint density at radius 2 is 2.00 bits per heavy atom. The molecular weight excluding hydrogens is 296 g/mol. The van der Waals surface area contributed by atoms with E-state index in [1.165, 1.54) is 7.11 Å². The van der Waals surface area contributed by atoms with Gasteiger partial charge >= 0.3 is 11.6 Å². The van der Waals surface area contributed by atoms with E-state index in [1.807, 2.05) is 36.4 Å². The minimum atomic E-state index is -0.617.